The van der Waals surface area contributed by atoms with E-state index in [0.717, 1.165) is 6.54 Å². The first-order chi connectivity index (χ1) is 8.40. The van der Waals surface area contributed by atoms with Crippen molar-refractivity contribution in [3.8, 4) is 0 Å². The molecule has 0 bridgehead atoms. The Kier molecular flexibility index (Phi) is 5.56. The van der Waals surface area contributed by atoms with Gasteiger partial charge in [0.05, 0.1) is 6.54 Å². The summed E-state index contributed by atoms with van der Waals surface area (Å²) in [5.74, 6) is -0.194. The lowest BCUT2D eigenvalue weighted by molar-refractivity contribution is -0.156. The Morgan fingerprint density at radius 1 is 1.56 bits per heavy atom. The Balaban J connectivity index is 2.52. The molecule has 18 heavy (non-hydrogen) atoms. The third-order valence-corrected chi connectivity index (χ3v) is 2.98. The number of nitrogens with zero attached hydrogens (tertiary/aromatic N) is 1. The lowest BCUT2D eigenvalue weighted by atomic mass is 10.2. The summed E-state index contributed by atoms with van der Waals surface area (Å²) in [5.41, 5.74) is -0.431. The maximum Gasteiger partial charge on any atom is 0.320 e. The standard InChI is InChI=1S/C14H21NO2S/c1-5-8-15(10-12-7-6-9-18-12)11-13(16)17-14(2,3)4/h5-7,9H,1,8,10-11H2,2-4H3. The van der Waals surface area contributed by atoms with Crippen LogP contribution in [0.3, 0.4) is 0 Å². The smallest absolute Gasteiger partial charge is 0.320 e. The molecular weight excluding hydrogens is 246 g/mol. The molecule has 0 atom stereocenters. The van der Waals surface area contributed by atoms with Gasteiger partial charge in [-0.2, -0.15) is 0 Å². The zero-order valence-corrected chi connectivity index (χ0v) is 12.1. The molecule has 0 aromatic carbocycles. The molecule has 1 aromatic heterocycles. The van der Waals surface area contributed by atoms with Crippen molar-refractivity contribution in [3.05, 3.63) is 35.0 Å². The Bertz CT molecular complexity index is 379. The van der Waals surface area contributed by atoms with Crippen LogP contribution in [0.15, 0.2) is 30.2 Å². The number of rotatable bonds is 6. The Hall–Kier alpha value is -1.13. The normalized spacial score (nSPS) is 11.6. The van der Waals surface area contributed by atoms with Gasteiger partial charge in [-0.05, 0) is 32.2 Å². The summed E-state index contributed by atoms with van der Waals surface area (Å²) in [7, 11) is 0. The van der Waals surface area contributed by atoms with Crippen LogP contribution in [-0.2, 0) is 16.1 Å². The predicted molar refractivity (Wildman–Crippen MR) is 75.6 cm³/mol. The maximum absolute atomic E-state index is 11.8. The molecule has 0 fully saturated rings. The van der Waals surface area contributed by atoms with Crippen molar-refractivity contribution in [1.82, 2.24) is 4.90 Å². The van der Waals surface area contributed by atoms with Crippen molar-refractivity contribution >= 4 is 17.3 Å². The Morgan fingerprint density at radius 3 is 2.78 bits per heavy atom. The monoisotopic (exact) mass is 267 g/mol. The van der Waals surface area contributed by atoms with Crippen LogP contribution in [0.1, 0.15) is 25.6 Å². The van der Waals surface area contributed by atoms with Gasteiger partial charge in [-0.3, -0.25) is 9.69 Å². The van der Waals surface area contributed by atoms with Gasteiger partial charge in [0.15, 0.2) is 0 Å². The molecule has 0 N–H and O–H groups in total. The van der Waals surface area contributed by atoms with Gasteiger partial charge < -0.3 is 4.74 Å². The molecular formula is C14H21NO2S. The molecule has 0 spiro atoms. The largest absolute Gasteiger partial charge is 0.459 e. The van der Waals surface area contributed by atoms with Crippen LogP contribution >= 0.6 is 11.3 Å². The van der Waals surface area contributed by atoms with E-state index in [-0.39, 0.29) is 5.97 Å². The van der Waals surface area contributed by atoms with Crippen LogP contribution in [0, 0.1) is 0 Å². The fraction of sp³-hybridized carbons (Fsp3) is 0.500. The lowest BCUT2D eigenvalue weighted by Gasteiger charge is -2.23. The highest BCUT2D eigenvalue weighted by atomic mass is 32.1. The summed E-state index contributed by atoms with van der Waals surface area (Å²) in [6.07, 6.45) is 1.80. The first-order valence-electron chi connectivity index (χ1n) is 5.98. The molecule has 0 saturated carbocycles. The zero-order chi connectivity index (χ0) is 13.6. The van der Waals surface area contributed by atoms with Gasteiger partial charge in [0, 0.05) is 18.0 Å². The van der Waals surface area contributed by atoms with Crippen molar-refractivity contribution in [2.24, 2.45) is 0 Å². The summed E-state index contributed by atoms with van der Waals surface area (Å²) >= 11 is 1.69. The first kappa shape index (κ1) is 14.9. The van der Waals surface area contributed by atoms with Crippen molar-refractivity contribution in [2.75, 3.05) is 13.1 Å². The lowest BCUT2D eigenvalue weighted by Crippen LogP contribution is -2.34. The number of thiophene rings is 1. The topological polar surface area (TPSA) is 29.5 Å². The van der Waals surface area contributed by atoms with Gasteiger partial charge in [0.2, 0.25) is 0 Å². The fourth-order valence-corrected chi connectivity index (χ4v) is 2.29. The Morgan fingerprint density at radius 2 is 2.28 bits per heavy atom. The average molecular weight is 267 g/mol. The van der Waals surface area contributed by atoms with E-state index in [9.17, 15) is 4.79 Å². The van der Waals surface area contributed by atoms with E-state index in [4.69, 9.17) is 4.74 Å². The third-order valence-electron chi connectivity index (χ3n) is 2.12. The van der Waals surface area contributed by atoms with E-state index >= 15 is 0 Å². The molecule has 1 rings (SSSR count). The number of carbonyl (C=O) groups is 1. The second-order valence-electron chi connectivity index (χ2n) is 5.12. The molecule has 1 heterocycles. The second kappa shape index (κ2) is 6.71. The fourth-order valence-electron chi connectivity index (χ4n) is 1.55. The second-order valence-corrected chi connectivity index (χ2v) is 6.16. The van der Waals surface area contributed by atoms with Gasteiger partial charge in [-0.1, -0.05) is 12.1 Å². The van der Waals surface area contributed by atoms with E-state index in [0.29, 0.717) is 13.1 Å². The highest BCUT2D eigenvalue weighted by Gasteiger charge is 2.18. The molecule has 0 radical (unpaired) electrons. The van der Waals surface area contributed by atoms with Gasteiger partial charge in [-0.25, -0.2) is 0 Å². The minimum atomic E-state index is -0.431. The average Bonchev–Trinajstić information content (AvgIpc) is 2.67. The van der Waals surface area contributed by atoms with Crippen molar-refractivity contribution in [3.63, 3.8) is 0 Å². The van der Waals surface area contributed by atoms with Gasteiger partial charge in [-0.15, -0.1) is 17.9 Å². The van der Waals surface area contributed by atoms with Crippen LogP contribution in [0.5, 0.6) is 0 Å². The van der Waals surface area contributed by atoms with Crippen LogP contribution < -0.4 is 0 Å². The minimum absolute atomic E-state index is 0.194. The molecule has 0 saturated heterocycles. The summed E-state index contributed by atoms with van der Waals surface area (Å²) in [4.78, 5) is 15.0. The van der Waals surface area contributed by atoms with Crippen LogP contribution in [0.2, 0.25) is 0 Å². The maximum atomic E-state index is 11.8. The SMILES string of the molecule is C=CCN(CC(=O)OC(C)(C)C)Cc1cccs1. The number of carbonyl (C=O) groups excluding carboxylic acids is 1. The number of ether oxygens (including phenoxy) is 1. The van der Waals surface area contributed by atoms with Crippen molar-refractivity contribution in [1.29, 1.82) is 0 Å². The highest BCUT2D eigenvalue weighted by Crippen LogP contribution is 2.13. The van der Waals surface area contributed by atoms with Gasteiger partial charge >= 0.3 is 5.97 Å². The molecule has 0 aliphatic rings. The zero-order valence-electron chi connectivity index (χ0n) is 11.3. The molecule has 0 amide bonds. The molecule has 100 valence electrons. The van der Waals surface area contributed by atoms with Crippen molar-refractivity contribution in [2.45, 2.75) is 32.9 Å². The molecule has 0 aliphatic carbocycles. The third kappa shape index (κ3) is 5.98. The van der Waals surface area contributed by atoms with Crippen LogP contribution in [-0.4, -0.2) is 29.6 Å². The minimum Gasteiger partial charge on any atom is -0.459 e. The van der Waals surface area contributed by atoms with Crippen molar-refractivity contribution < 1.29 is 9.53 Å². The molecule has 1 aromatic rings. The van der Waals surface area contributed by atoms with Gasteiger partial charge in [0.25, 0.3) is 0 Å². The number of hydrogen-bond donors (Lipinski definition) is 0. The summed E-state index contributed by atoms with van der Waals surface area (Å²) in [6.45, 7) is 11.1. The van der Waals surface area contributed by atoms with E-state index in [1.54, 1.807) is 17.4 Å². The molecule has 4 heteroatoms. The Labute approximate surface area is 113 Å². The molecule has 0 unspecified atom stereocenters. The van der Waals surface area contributed by atoms with E-state index in [1.165, 1.54) is 4.88 Å². The summed E-state index contributed by atoms with van der Waals surface area (Å²) < 4.78 is 5.32. The van der Waals surface area contributed by atoms with E-state index < -0.39 is 5.60 Å². The predicted octanol–water partition coefficient (Wildman–Crippen LogP) is 3.08. The van der Waals surface area contributed by atoms with Gasteiger partial charge in [0.1, 0.15) is 5.60 Å². The number of hydrogen-bond acceptors (Lipinski definition) is 4. The van der Waals surface area contributed by atoms with Crippen LogP contribution in [0.4, 0.5) is 0 Å². The van der Waals surface area contributed by atoms with Crippen LogP contribution in [0.25, 0.3) is 0 Å². The molecule has 3 nitrogen and oxygen atoms in total. The first-order valence-corrected chi connectivity index (χ1v) is 6.86. The number of esters is 1. The van der Waals surface area contributed by atoms with E-state index in [2.05, 4.69) is 12.6 Å². The summed E-state index contributed by atoms with van der Waals surface area (Å²) in [6, 6.07) is 4.08. The highest BCUT2D eigenvalue weighted by molar-refractivity contribution is 7.09. The van der Waals surface area contributed by atoms with E-state index in [1.807, 2.05) is 37.1 Å². The quantitative estimate of drug-likeness (QED) is 0.586. The summed E-state index contributed by atoms with van der Waals surface area (Å²) in [5, 5.41) is 2.04. The molecule has 0 aliphatic heterocycles.